The van der Waals surface area contributed by atoms with Gasteiger partial charge in [0.1, 0.15) is 5.69 Å². The van der Waals surface area contributed by atoms with Gasteiger partial charge in [0.15, 0.2) is 11.0 Å². The van der Waals surface area contributed by atoms with Gasteiger partial charge in [-0.15, -0.1) is 0 Å². The van der Waals surface area contributed by atoms with Crippen LogP contribution >= 0.6 is 11.6 Å². The quantitative estimate of drug-likeness (QED) is 0.857. The summed E-state index contributed by atoms with van der Waals surface area (Å²) >= 11 is 5.72. The van der Waals surface area contributed by atoms with Gasteiger partial charge in [0.2, 0.25) is 0 Å². The molecule has 5 nitrogen and oxygen atoms in total. The second-order valence-corrected chi connectivity index (χ2v) is 5.28. The summed E-state index contributed by atoms with van der Waals surface area (Å²) in [5.74, 6) is -0.550. The van der Waals surface area contributed by atoms with Crippen LogP contribution in [0.4, 0.5) is 4.39 Å². The van der Waals surface area contributed by atoms with Gasteiger partial charge in [-0.2, -0.15) is 15.0 Å². The van der Waals surface area contributed by atoms with Crippen LogP contribution in [-0.2, 0) is 13.5 Å². The molecule has 0 radical (unpaired) electrons. The Balaban J connectivity index is 1.85. The Morgan fingerprint density at radius 1 is 1.45 bits per heavy atom. The van der Waals surface area contributed by atoms with Crippen LogP contribution in [0.15, 0.2) is 12.3 Å². The number of hydrogen-bond donors (Lipinski definition) is 1. The van der Waals surface area contributed by atoms with Crippen molar-refractivity contribution in [3.05, 3.63) is 28.9 Å². The summed E-state index contributed by atoms with van der Waals surface area (Å²) in [6.07, 6.45) is 4.66. The van der Waals surface area contributed by atoms with Crippen molar-refractivity contribution < 1.29 is 4.39 Å². The summed E-state index contributed by atoms with van der Waals surface area (Å²) in [7, 11) is 1.72. The number of pyridine rings is 1. The fourth-order valence-electron chi connectivity index (χ4n) is 2.11. The molecule has 0 unspecified atom stereocenters. The minimum absolute atomic E-state index is 0.143. The Hall–Kier alpha value is -1.53. The molecule has 1 N–H and O–H groups in total. The van der Waals surface area contributed by atoms with Crippen molar-refractivity contribution in [1.29, 1.82) is 0 Å². The molecule has 0 bridgehead atoms. The van der Waals surface area contributed by atoms with Crippen molar-refractivity contribution in [2.24, 2.45) is 7.05 Å². The highest BCUT2D eigenvalue weighted by molar-refractivity contribution is 6.29. The second-order valence-electron chi connectivity index (χ2n) is 4.93. The van der Waals surface area contributed by atoms with Gasteiger partial charge in [0.25, 0.3) is 0 Å². The molecule has 3 rings (SSSR count). The third kappa shape index (κ3) is 2.81. The smallest absolute Gasteiger partial charge is 0.169 e. The van der Waals surface area contributed by atoms with E-state index in [1.54, 1.807) is 13.1 Å². The van der Waals surface area contributed by atoms with Crippen LogP contribution in [0.3, 0.4) is 0 Å². The molecule has 0 amide bonds. The van der Waals surface area contributed by atoms with E-state index in [2.05, 4.69) is 20.5 Å². The number of nitrogens with zero attached hydrogens (tertiary/aromatic N) is 4. The predicted molar refractivity (Wildman–Crippen MR) is 73.9 cm³/mol. The van der Waals surface area contributed by atoms with E-state index < -0.39 is 5.82 Å². The maximum absolute atomic E-state index is 14.0. The molecule has 1 saturated carbocycles. The van der Waals surface area contributed by atoms with Gasteiger partial charge in [-0.3, -0.25) is 0 Å². The maximum Gasteiger partial charge on any atom is 0.169 e. The van der Waals surface area contributed by atoms with Crippen molar-refractivity contribution >= 4 is 11.6 Å². The summed E-state index contributed by atoms with van der Waals surface area (Å²) in [5.41, 5.74) is 1.65. The van der Waals surface area contributed by atoms with Crippen LogP contribution in [0.25, 0.3) is 11.3 Å². The first kappa shape index (κ1) is 13.5. The monoisotopic (exact) mass is 295 g/mol. The Bertz CT molecular complexity index is 623. The molecular formula is C13H15ClFN5. The minimum atomic E-state index is -0.550. The van der Waals surface area contributed by atoms with Crippen LogP contribution < -0.4 is 5.32 Å². The van der Waals surface area contributed by atoms with E-state index in [-0.39, 0.29) is 5.15 Å². The number of aryl methyl sites for hydroxylation is 1. The lowest BCUT2D eigenvalue weighted by Crippen LogP contribution is -2.19. The molecule has 0 atom stereocenters. The van der Waals surface area contributed by atoms with E-state index in [9.17, 15) is 4.39 Å². The van der Waals surface area contributed by atoms with Crippen molar-refractivity contribution in [1.82, 2.24) is 25.3 Å². The SMILES string of the molecule is Cn1nc(CCNC2CC2)c(-c2ccnc(Cl)c2F)n1. The Kier molecular flexibility index (Phi) is 3.67. The molecule has 2 aromatic rings. The predicted octanol–water partition coefficient (Wildman–Crippen LogP) is 1.96. The molecule has 0 spiro atoms. The first-order chi connectivity index (χ1) is 9.65. The lowest BCUT2D eigenvalue weighted by Gasteiger charge is -2.04. The second kappa shape index (κ2) is 5.46. The summed E-state index contributed by atoms with van der Waals surface area (Å²) < 4.78 is 14.0. The van der Waals surface area contributed by atoms with Crippen molar-refractivity contribution in [2.45, 2.75) is 25.3 Å². The van der Waals surface area contributed by atoms with Crippen molar-refractivity contribution in [2.75, 3.05) is 6.54 Å². The number of hydrogen-bond acceptors (Lipinski definition) is 4. The lowest BCUT2D eigenvalue weighted by atomic mass is 10.1. The molecule has 0 aromatic carbocycles. The number of aromatic nitrogens is 4. The van der Waals surface area contributed by atoms with Crippen LogP contribution in [0, 0.1) is 5.82 Å². The van der Waals surface area contributed by atoms with E-state index in [4.69, 9.17) is 11.6 Å². The molecule has 0 aliphatic heterocycles. The summed E-state index contributed by atoms with van der Waals surface area (Å²) in [4.78, 5) is 5.17. The third-order valence-electron chi connectivity index (χ3n) is 3.26. The van der Waals surface area contributed by atoms with Crippen molar-refractivity contribution in [3.63, 3.8) is 0 Å². The number of nitrogens with one attached hydrogen (secondary N) is 1. The molecule has 106 valence electrons. The summed E-state index contributed by atoms with van der Waals surface area (Å²) in [5, 5.41) is 11.8. The summed E-state index contributed by atoms with van der Waals surface area (Å²) in [6.45, 7) is 0.816. The Labute approximate surface area is 121 Å². The molecule has 2 heterocycles. The highest BCUT2D eigenvalue weighted by atomic mass is 35.5. The van der Waals surface area contributed by atoms with Gasteiger partial charge in [-0.05, 0) is 18.9 Å². The van der Waals surface area contributed by atoms with E-state index in [1.807, 2.05) is 0 Å². The molecule has 1 fully saturated rings. The standard InChI is InChI=1S/C13H15ClFN5/c1-20-18-10(5-7-16-8-2-3-8)12(19-20)9-4-6-17-13(14)11(9)15/h4,6,8,16H,2-3,5,7H2,1H3. The fourth-order valence-corrected chi connectivity index (χ4v) is 2.27. The zero-order valence-corrected chi connectivity index (χ0v) is 11.9. The van der Waals surface area contributed by atoms with Gasteiger partial charge >= 0.3 is 0 Å². The molecule has 1 aliphatic carbocycles. The van der Waals surface area contributed by atoms with Gasteiger partial charge in [-0.25, -0.2) is 9.37 Å². The average Bonchev–Trinajstić information content (AvgIpc) is 3.16. The number of rotatable bonds is 5. The molecule has 7 heteroatoms. The number of halogens is 2. The summed E-state index contributed by atoms with van der Waals surface area (Å²) in [6, 6.07) is 2.21. The van der Waals surface area contributed by atoms with E-state index in [1.165, 1.54) is 23.8 Å². The largest absolute Gasteiger partial charge is 0.314 e. The highest BCUT2D eigenvalue weighted by Gasteiger charge is 2.21. The van der Waals surface area contributed by atoms with Gasteiger partial charge in [-0.1, -0.05) is 11.6 Å². The van der Waals surface area contributed by atoms with Crippen LogP contribution in [0.2, 0.25) is 5.15 Å². The molecule has 20 heavy (non-hydrogen) atoms. The zero-order valence-electron chi connectivity index (χ0n) is 11.1. The lowest BCUT2D eigenvalue weighted by molar-refractivity contribution is 0.622. The maximum atomic E-state index is 14.0. The topological polar surface area (TPSA) is 55.6 Å². The molecular weight excluding hydrogens is 281 g/mol. The molecule has 2 aromatic heterocycles. The van der Waals surface area contributed by atoms with Gasteiger partial charge in [0, 0.05) is 37.8 Å². The minimum Gasteiger partial charge on any atom is -0.314 e. The van der Waals surface area contributed by atoms with E-state index in [0.717, 1.165) is 12.2 Å². The van der Waals surface area contributed by atoms with Crippen molar-refractivity contribution in [3.8, 4) is 11.3 Å². The fraction of sp³-hybridized carbons (Fsp3) is 0.462. The third-order valence-corrected chi connectivity index (χ3v) is 3.52. The highest BCUT2D eigenvalue weighted by Crippen LogP contribution is 2.27. The first-order valence-corrected chi connectivity index (χ1v) is 6.97. The van der Waals surface area contributed by atoms with Crippen LogP contribution in [0.1, 0.15) is 18.5 Å². The average molecular weight is 296 g/mol. The normalized spacial score (nSPS) is 14.8. The molecule has 1 aliphatic rings. The van der Waals surface area contributed by atoms with Crippen LogP contribution in [-0.4, -0.2) is 32.6 Å². The van der Waals surface area contributed by atoms with Crippen LogP contribution in [0.5, 0.6) is 0 Å². The van der Waals surface area contributed by atoms with Gasteiger partial charge < -0.3 is 5.32 Å². The van der Waals surface area contributed by atoms with E-state index >= 15 is 0 Å². The van der Waals surface area contributed by atoms with Gasteiger partial charge in [0.05, 0.1) is 5.69 Å². The first-order valence-electron chi connectivity index (χ1n) is 6.59. The Morgan fingerprint density at radius 3 is 3.00 bits per heavy atom. The van der Waals surface area contributed by atoms with E-state index in [0.29, 0.717) is 23.7 Å². The zero-order chi connectivity index (χ0) is 14.1. The Morgan fingerprint density at radius 2 is 2.25 bits per heavy atom. The molecule has 0 saturated heterocycles.